The van der Waals surface area contributed by atoms with Crippen molar-refractivity contribution in [3.63, 3.8) is 0 Å². The van der Waals surface area contributed by atoms with Crippen LogP contribution in [0.1, 0.15) is 50.5 Å². The first-order valence-electron chi connectivity index (χ1n) is 10.3. The van der Waals surface area contributed by atoms with Gasteiger partial charge in [0.2, 0.25) is 15.7 Å². The Labute approximate surface area is 201 Å². The maximum absolute atomic E-state index is 13.7. The van der Waals surface area contributed by atoms with E-state index in [9.17, 15) is 18.3 Å². The van der Waals surface area contributed by atoms with E-state index in [4.69, 9.17) is 11.6 Å². The fourth-order valence-electron chi connectivity index (χ4n) is 3.63. The van der Waals surface area contributed by atoms with Crippen LogP contribution in [-0.2, 0) is 16.3 Å². The summed E-state index contributed by atoms with van der Waals surface area (Å²) in [5, 5.41) is 11.1. The molecule has 0 aliphatic carbocycles. The number of aromatic hydroxyl groups is 1. The van der Waals surface area contributed by atoms with Gasteiger partial charge in [-0.1, -0.05) is 59.9 Å². The third kappa shape index (κ3) is 4.92. The monoisotopic (exact) mass is 538 g/mol. The fraction of sp³-hybridized carbons (Fsp3) is 0.304. The minimum absolute atomic E-state index is 0.0986. The van der Waals surface area contributed by atoms with E-state index in [0.717, 1.165) is 18.4 Å². The number of unbranched alkanes of at least 4 members (excludes halogenated alkanes) is 1. The summed E-state index contributed by atoms with van der Waals surface area (Å²) in [7, 11) is -4.30. The molecule has 0 bridgehead atoms. The molecule has 3 aromatic rings. The minimum atomic E-state index is -4.30. The molecule has 6 nitrogen and oxygen atoms in total. The predicted molar refractivity (Wildman–Crippen MR) is 128 cm³/mol. The van der Waals surface area contributed by atoms with Crippen molar-refractivity contribution >= 4 is 37.4 Å². The van der Waals surface area contributed by atoms with Crippen LogP contribution in [0.15, 0.2) is 67.6 Å². The van der Waals surface area contributed by atoms with E-state index in [1.807, 2.05) is 19.9 Å². The van der Waals surface area contributed by atoms with E-state index in [0.29, 0.717) is 28.2 Å². The number of aryl methyl sites for hydroxylation is 1. The van der Waals surface area contributed by atoms with E-state index < -0.39 is 32.2 Å². The zero-order valence-electron chi connectivity index (χ0n) is 17.8. The highest BCUT2D eigenvalue weighted by Gasteiger charge is 2.31. The summed E-state index contributed by atoms with van der Waals surface area (Å²) < 4.78 is 28.7. The van der Waals surface area contributed by atoms with Crippen LogP contribution >= 0.6 is 27.5 Å². The van der Waals surface area contributed by atoms with Crippen molar-refractivity contribution in [2.75, 3.05) is 0 Å². The smallest absolute Gasteiger partial charge is 0.277 e. The highest BCUT2D eigenvalue weighted by Crippen LogP contribution is 2.30. The van der Waals surface area contributed by atoms with E-state index in [1.165, 1.54) is 16.7 Å². The molecule has 32 heavy (non-hydrogen) atoms. The van der Waals surface area contributed by atoms with Crippen molar-refractivity contribution in [3.8, 4) is 5.88 Å². The van der Waals surface area contributed by atoms with Crippen molar-refractivity contribution in [3.05, 3.63) is 79.8 Å². The van der Waals surface area contributed by atoms with Gasteiger partial charge in [0.05, 0.1) is 10.9 Å². The van der Waals surface area contributed by atoms with Crippen LogP contribution in [0.3, 0.4) is 0 Å². The second-order valence-electron chi connectivity index (χ2n) is 7.40. The topological polar surface area (TPSA) is 89.3 Å². The quantitative estimate of drug-likeness (QED) is 0.406. The normalized spacial score (nSPS) is 12.6. The van der Waals surface area contributed by atoms with Gasteiger partial charge < -0.3 is 5.11 Å². The summed E-state index contributed by atoms with van der Waals surface area (Å²) in [5.41, 5.74) is -0.0299. The number of halogens is 2. The lowest BCUT2D eigenvalue weighted by Crippen LogP contribution is -2.33. The molecule has 170 valence electrons. The summed E-state index contributed by atoms with van der Waals surface area (Å²) in [4.78, 5) is 17.0. The molecule has 2 aromatic carbocycles. The van der Waals surface area contributed by atoms with E-state index in [2.05, 4.69) is 20.9 Å². The fourth-order valence-corrected chi connectivity index (χ4v) is 5.44. The number of hydrogen-bond acceptors (Lipinski definition) is 5. The van der Waals surface area contributed by atoms with E-state index in [1.54, 1.807) is 30.3 Å². The van der Waals surface area contributed by atoms with Gasteiger partial charge in [0, 0.05) is 15.9 Å². The van der Waals surface area contributed by atoms with Gasteiger partial charge in [-0.25, -0.2) is 8.42 Å². The molecule has 1 unspecified atom stereocenters. The highest BCUT2D eigenvalue weighted by atomic mass is 79.9. The molecular formula is C23H24BrClN2O4S. The van der Waals surface area contributed by atoms with Crippen molar-refractivity contribution in [1.82, 2.24) is 9.55 Å². The van der Waals surface area contributed by atoms with Gasteiger partial charge in [-0.15, -0.1) is 0 Å². The first-order valence-corrected chi connectivity index (χ1v) is 13.0. The molecule has 0 saturated heterocycles. The molecule has 1 heterocycles. The molecule has 0 radical (unpaired) electrons. The SMILES string of the molecule is CCCCc1nc(O)c(S(=O)(=O)c2ccc(Br)cc2)c(=O)n1C(CC)c1cccc(Cl)c1. The molecule has 0 aliphatic rings. The van der Waals surface area contributed by atoms with E-state index >= 15 is 0 Å². The number of benzene rings is 2. The maximum Gasteiger partial charge on any atom is 0.277 e. The molecule has 3 rings (SSSR count). The molecular weight excluding hydrogens is 516 g/mol. The van der Waals surface area contributed by atoms with Crippen molar-refractivity contribution in [1.29, 1.82) is 0 Å². The Balaban J connectivity index is 2.30. The average Bonchev–Trinajstić information content (AvgIpc) is 2.74. The van der Waals surface area contributed by atoms with Crippen LogP contribution in [0.25, 0.3) is 0 Å². The molecule has 0 fully saturated rings. The van der Waals surface area contributed by atoms with Gasteiger partial charge in [0.15, 0.2) is 4.90 Å². The average molecular weight is 540 g/mol. The summed E-state index contributed by atoms with van der Waals surface area (Å²) in [6, 6.07) is 12.5. The first-order chi connectivity index (χ1) is 15.2. The summed E-state index contributed by atoms with van der Waals surface area (Å²) in [6.07, 6.45) is 2.51. The molecule has 9 heteroatoms. The Bertz CT molecular complexity index is 1270. The Hall–Kier alpha value is -2.16. The first kappa shape index (κ1) is 24.5. The van der Waals surface area contributed by atoms with Gasteiger partial charge in [0.1, 0.15) is 5.82 Å². The molecule has 0 spiro atoms. The van der Waals surface area contributed by atoms with Gasteiger partial charge in [-0.05, 0) is 54.8 Å². The number of sulfone groups is 1. The maximum atomic E-state index is 13.7. The molecule has 1 atom stereocenters. The number of nitrogens with zero attached hydrogens (tertiary/aromatic N) is 2. The van der Waals surface area contributed by atoms with Gasteiger partial charge in [-0.3, -0.25) is 9.36 Å². The van der Waals surface area contributed by atoms with E-state index in [-0.39, 0.29) is 4.90 Å². The third-order valence-corrected chi connectivity index (χ3v) is 7.76. The summed E-state index contributed by atoms with van der Waals surface area (Å²) in [6.45, 7) is 3.90. The Kier molecular flexibility index (Phi) is 7.79. The minimum Gasteiger partial charge on any atom is -0.492 e. The zero-order chi connectivity index (χ0) is 23.5. The number of rotatable bonds is 8. The number of aromatic nitrogens is 2. The number of hydrogen-bond donors (Lipinski definition) is 1. The molecule has 0 amide bonds. The Morgan fingerprint density at radius 3 is 2.44 bits per heavy atom. The lowest BCUT2D eigenvalue weighted by atomic mass is 10.0. The predicted octanol–water partition coefficient (Wildman–Crippen LogP) is 5.54. The second-order valence-corrected chi connectivity index (χ2v) is 10.6. The van der Waals surface area contributed by atoms with Gasteiger partial charge in [0.25, 0.3) is 5.56 Å². The summed E-state index contributed by atoms with van der Waals surface area (Å²) in [5.74, 6) is -0.433. The second kappa shape index (κ2) is 10.2. The van der Waals surface area contributed by atoms with Gasteiger partial charge in [-0.2, -0.15) is 4.98 Å². The lowest BCUT2D eigenvalue weighted by Gasteiger charge is -2.23. The largest absolute Gasteiger partial charge is 0.492 e. The summed E-state index contributed by atoms with van der Waals surface area (Å²) >= 11 is 9.45. The van der Waals surface area contributed by atoms with Gasteiger partial charge >= 0.3 is 0 Å². The van der Waals surface area contributed by atoms with Crippen molar-refractivity contribution in [2.45, 2.75) is 55.4 Å². The van der Waals surface area contributed by atoms with Crippen LogP contribution in [0, 0.1) is 0 Å². The van der Waals surface area contributed by atoms with Crippen LogP contribution in [-0.4, -0.2) is 23.1 Å². The van der Waals surface area contributed by atoms with Crippen molar-refractivity contribution in [2.24, 2.45) is 0 Å². The highest BCUT2D eigenvalue weighted by molar-refractivity contribution is 9.10. The molecule has 0 saturated carbocycles. The Morgan fingerprint density at radius 1 is 1.16 bits per heavy atom. The molecule has 1 aromatic heterocycles. The standard InChI is InChI=1S/C23H24BrClN2O4S/c1-3-5-9-20-26-22(28)21(32(30,31)18-12-10-16(24)11-13-18)23(29)27(20)19(4-2)15-7-6-8-17(25)14-15/h6-8,10-14,19,28H,3-5,9H2,1-2H3. The van der Waals surface area contributed by atoms with Crippen LogP contribution < -0.4 is 5.56 Å². The molecule has 1 N–H and O–H groups in total. The van der Waals surface area contributed by atoms with Crippen LogP contribution in [0.5, 0.6) is 5.88 Å². The Morgan fingerprint density at radius 2 is 1.84 bits per heavy atom. The van der Waals surface area contributed by atoms with Crippen molar-refractivity contribution < 1.29 is 13.5 Å². The lowest BCUT2D eigenvalue weighted by molar-refractivity contribution is 0.406. The molecule has 0 aliphatic heterocycles. The zero-order valence-corrected chi connectivity index (χ0v) is 20.9. The van der Waals surface area contributed by atoms with Crippen LogP contribution in [0.4, 0.5) is 0 Å². The van der Waals surface area contributed by atoms with Crippen LogP contribution in [0.2, 0.25) is 5.02 Å². The third-order valence-electron chi connectivity index (χ3n) is 5.21.